The van der Waals surface area contributed by atoms with E-state index < -0.39 is 0 Å². The highest BCUT2D eigenvalue weighted by atomic mass is 35.5. The van der Waals surface area contributed by atoms with Crippen LogP contribution in [0, 0.1) is 6.92 Å². The van der Waals surface area contributed by atoms with E-state index in [0.29, 0.717) is 23.7 Å². The summed E-state index contributed by atoms with van der Waals surface area (Å²) in [4.78, 5) is 29.1. The van der Waals surface area contributed by atoms with E-state index in [0.717, 1.165) is 16.1 Å². The summed E-state index contributed by atoms with van der Waals surface area (Å²) in [5.74, 6) is -0.301. The molecule has 5 nitrogen and oxygen atoms in total. The smallest absolute Gasteiger partial charge is 0.259 e. The van der Waals surface area contributed by atoms with Gasteiger partial charge in [-0.3, -0.25) is 9.59 Å². The zero-order chi connectivity index (χ0) is 22.5. The maximum atomic E-state index is 13.4. The predicted molar refractivity (Wildman–Crippen MR) is 126 cm³/mol. The quantitative estimate of drug-likeness (QED) is 0.472. The first kappa shape index (κ1) is 23.3. The fourth-order valence-electron chi connectivity index (χ4n) is 3.66. The lowest BCUT2D eigenvalue weighted by Gasteiger charge is -2.26. The summed E-state index contributed by atoms with van der Waals surface area (Å²) in [5.41, 5.74) is 2.28. The monoisotopic (exact) mass is 458 g/mol. The molecule has 2 aromatic heterocycles. The number of rotatable bonds is 8. The number of carbonyl (C=O) groups is 1. The molecule has 0 radical (unpaired) electrons. The average Bonchev–Trinajstić information content (AvgIpc) is 3.28. The number of pyridine rings is 1. The molecular weight excluding hydrogens is 432 g/mol. The van der Waals surface area contributed by atoms with Gasteiger partial charge in [-0.05, 0) is 43.3 Å². The number of carbonyl (C=O) groups excluding carboxylic acids is 1. The van der Waals surface area contributed by atoms with Gasteiger partial charge >= 0.3 is 0 Å². The topological polar surface area (TPSA) is 51.5 Å². The first-order valence-corrected chi connectivity index (χ1v) is 11.4. The van der Waals surface area contributed by atoms with Gasteiger partial charge in [0.1, 0.15) is 5.56 Å². The van der Waals surface area contributed by atoms with Crippen LogP contribution in [0.4, 0.5) is 0 Å². The van der Waals surface area contributed by atoms with E-state index in [1.165, 1.54) is 6.07 Å². The highest BCUT2D eigenvalue weighted by Gasteiger charge is 2.26. The van der Waals surface area contributed by atoms with Crippen LogP contribution in [-0.4, -0.2) is 29.5 Å². The molecule has 0 saturated heterocycles. The number of halogens is 1. The van der Waals surface area contributed by atoms with Crippen molar-refractivity contribution in [1.82, 2.24) is 9.47 Å². The van der Waals surface area contributed by atoms with E-state index in [9.17, 15) is 9.59 Å². The second-order valence-corrected chi connectivity index (χ2v) is 8.89. The molecule has 2 heterocycles. The fraction of sp³-hybridized carbons (Fsp3) is 0.333. The predicted octanol–water partition coefficient (Wildman–Crippen LogP) is 5.09. The van der Waals surface area contributed by atoms with Gasteiger partial charge in [-0.1, -0.05) is 35.9 Å². The Kier molecular flexibility index (Phi) is 7.70. The summed E-state index contributed by atoms with van der Waals surface area (Å²) >= 11 is 7.91. The Hall–Kier alpha value is -2.41. The Balaban J connectivity index is 1.99. The van der Waals surface area contributed by atoms with E-state index in [4.69, 9.17) is 16.3 Å². The number of hydrogen-bond donors (Lipinski definition) is 0. The molecule has 0 saturated carbocycles. The van der Waals surface area contributed by atoms with Crippen LogP contribution in [0.5, 0.6) is 0 Å². The van der Waals surface area contributed by atoms with Crippen LogP contribution in [-0.2, 0) is 24.3 Å². The molecule has 1 aromatic carbocycles. The normalized spacial score (nSPS) is 12.0. The summed E-state index contributed by atoms with van der Waals surface area (Å²) in [7, 11) is 3.30. The first-order chi connectivity index (χ1) is 14.8. The van der Waals surface area contributed by atoms with Gasteiger partial charge in [0.15, 0.2) is 5.43 Å². The number of hydrogen-bond acceptors (Lipinski definition) is 4. The largest absolute Gasteiger partial charge is 0.378 e. The number of amides is 1. The zero-order valence-electron chi connectivity index (χ0n) is 18.2. The molecule has 3 rings (SSSR count). The summed E-state index contributed by atoms with van der Waals surface area (Å²) < 4.78 is 7.39. The van der Waals surface area contributed by atoms with Crippen LogP contribution in [0.3, 0.4) is 0 Å². The van der Waals surface area contributed by atoms with Gasteiger partial charge in [-0.2, -0.15) is 0 Å². The van der Waals surface area contributed by atoms with Crippen molar-refractivity contribution in [2.45, 2.75) is 39.5 Å². The van der Waals surface area contributed by atoms with Crippen LogP contribution in [0.15, 0.2) is 52.6 Å². The van der Waals surface area contributed by atoms with Crippen molar-refractivity contribution in [3.05, 3.63) is 90.5 Å². The van der Waals surface area contributed by atoms with Gasteiger partial charge in [-0.15, -0.1) is 11.3 Å². The van der Waals surface area contributed by atoms with Gasteiger partial charge in [0.25, 0.3) is 5.91 Å². The molecule has 3 aromatic rings. The number of nitrogens with zero attached hydrogens (tertiary/aromatic N) is 2. The number of benzene rings is 1. The van der Waals surface area contributed by atoms with E-state index in [1.54, 1.807) is 30.4 Å². The minimum absolute atomic E-state index is 0.139. The highest BCUT2D eigenvalue weighted by molar-refractivity contribution is 7.10. The molecule has 1 atom stereocenters. The third-order valence-electron chi connectivity index (χ3n) is 5.54. The van der Waals surface area contributed by atoms with Gasteiger partial charge in [0.2, 0.25) is 0 Å². The van der Waals surface area contributed by atoms with Crippen LogP contribution < -0.4 is 5.43 Å². The first-order valence-electron chi connectivity index (χ1n) is 10.1. The van der Waals surface area contributed by atoms with Crippen molar-refractivity contribution in [2.75, 3.05) is 14.2 Å². The molecule has 0 aliphatic carbocycles. The maximum Gasteiger partial charge on any atom is 0.259 e. The summed E-state index contributed by atoms with van der Waals surface area (Å²) in [5, 5.41) is 2.68. The highest BCUT2D eigenvalue weighted by Crippen LogP contribution is 2.25. The molecule has 164 valence electrons. The van der Waals surface area contributed by atoms with E-state index >= 15 is 0 Å². The lowest BCUT2D eigenvalue weighted by atomic mass is 10.1. The molecule has 0 aliphatic heterocycles. The number of methoxy groups -OCH3 is 1. The Bertz CT molecular complexity index is 1110. The summed E-state index contributed by atoms with van der Waals surface area (Å²) in [6.07, 6.45) is 0.676. The summed E-state index contributed by atoms with van der Waals surface area (Å²) in [6.45, 7) is 4.59. The second kappa shape index (κ2) is 10.3. The molecule has 7 heteroatoms. The SMILES string of the molecule is COCc1c(C(=O)N(C)[C@H](C)c2cccs2)c(=O)cc(C)n1CCc1ccccc1Cl. The van der Waals surface area contributed by atoms with Crippen molar-refractivity contribution in [3.8, 4) is 0 Å². The molecule has 0 fully saturated rings. The number of aryl methyl sites for hydroxylation is 2. The molecule has 0 N–H and O–H groups in total. The Morgan fingerprint density at radius 2 is 2.00 bits per heavy atom. The van der Waals surface area contributed by atoms with Crippen molar-refractivity contribution >= 4 is 28.8 Å². The molecule has 31 heavy (non-hydrogen) atoms. The van der Waals surface area contributed by atoms with Crippen LogP contribution in [0.25, 0.3) is 0 Å². The number of aromatic nitrogens is 1. The third kappa shape index (κ3) is 5.09. The van der Waals surface area contributed by atoms with E-state index in [-0.39, 0.29) is 29.5 Å². The maximum absolute atomic E-state index is 13.4. The molecule has 0 spiro atoms. The zero-order valence-corrected chi connectivity index (χ0v) is 19.8. The van der Waals surface area contributed by atoms with Gasteiger partial charge in [-0.25, -0.2) is 0 Å². The molecule has 0 bridgehead atoms. The Morgan fingerprint density at radius 3 is 2.65 bits per heavy atom. The molecule has 1 amide bonds. The van der Waals surface area contributed by atoms with Crippen molar-refractivity contribution < 1.29 is 9.53 Å². The van der Waals surface area contributed by atoms with Crippen LogP contribution >= 0.6 is 22.9 Å². The van der Waals surface area contributed by atoms with Crippen LogP contribution in [0.1, 0.15) is 45.2 Å². The van der Waals surface area contributed by atoms with E-state index in [2.05, 4.69) is 0 Å². The molecule has 0 aliphatic rings. The second-order valence-electron chi connectivity index (χ2n) is 7.51. The fourth-order valence-corrected chi connectivity index (χ4v) is 4.72. The Labute approximate surface area is 191 Å². The lowest BCUT2D eigenvalue weighted by Crippen LogP contribution is -2.36. The minimum atomic E-state index is -0.301. The molecule has 0 unspecified atom stereocenters. The standard InChI is InChI=1S/C24H27ClN2O3S/c1-16-14-21(28)23(24(29)26(3)17(2)22-10-7-13-31-22)20(15-30-4)27(16)12-11-18-8-5-6-9-19(18)25/h5-10,13-14,17H,11-12,15H2,1-4H3/t17-/m1/s1. The Morgan fingerprint density at radius 1 is 1.26 bits per heavy atom. The van der Waals surface area contributed by atoms with Crippen molar-refractivity contribution in [2.24, 2.45) is 0 Å². The average molecular weight is 459 g/mol. The van der Waals surface area contributed by atoms with Crippen molar-refractivity contribution in [3.63, 3.8) is 0 Å². The third-order valence-corrected chi connectivity index (χ3v) is 6.95. The number of thiophene rings is 1. The minimum Gasteiger partial charge on any atom is -0.378 e. The van der Waals surface area contributed by atoms with E-state index in [1.807, 2.05) is 60.2 Å². The van der Waals surface area contributed by atoms with Gasteiger partial charge in [0.05, 0.1) is 18.3 Å². The van der Waals surface area contributed by atoms with Gasteiger partial charge in [0, 0.05) is 42.4 Å². The lowest BCUT2D eigenvalue weighted by molar-refractivity contribution is 0.0736. The number of ether oxygens (including phenoxy) is 1. The van der Waals surface area contributed by atoms with Gasteiger partial charge < -0.3 is 14.2 Å². The van der Waals surface area contributed by atoms with Crippen molar-refractivity contribution in [1.29, 1.82) is 0 Å². The molecular formula is C24H27ClN2O3S. The van der Waals surface area contributed by atoms with Crippen LogP contribution in [0.2, 0.25) is 5.02 Å². The summed E-state index contributed by atoms with van der Waals surface area (Å²) in [6, 6.07) is 13.0.